The maximum absolute atomic E-state index is 12.5. The van der Waals surface area contributed by atoms with E-state index in [1.54, 1.807) is 12.1 Å². The molecule has 1 saturated heterocycles. The molecule has 0 aromatic heterocycles. The Labute approximate surface area is 167 Å². The molecule has 2 bridgehead atoms. The minimum absolute atomic E-state index is 0.0145. The van der Waals surface area contributed by atoms with Crippen LogP contribution in [0.4, 0.5) is 5.69 Å². The van der Waals surface area contributed by atoms with Crippen molar-refractivity contribution in [1.82, 2.24) is 0 Å². The Hall–Kier alpha value is -1.31. The van der Waals surface area contributed by atoms with Crippen LogP contribution in [0, 0.1) is 23.7 Å². The lowest BCUT2D eigenvalue weighted by Gasteiger charge is -2.26. The summed E-state index contributed by atoms with van der Waals surface area (Å²) in [5.41, 5.74) is 0.336. The quantitative estimate of drug-likeness (QED) is 0.549. The number of esters is 2. The van der Waals surface area contributed by atoms with Crippen molar-refractivity contribution in [3.05, 3.63) is 28.2 Å². The lowest BCUT2D eigenvalue weighted by molar-refractivity contribution is -0.157. The fourth-order valence-electron chi connectivity index (χ4n) is 4.31. The van der Waals surface area contributed by atoms with Gasteiger partial charge in [0.05, 0.1) is 27.4 Å². The second kappa shape index (κ2) is 6.69. The van der Waals surface area contributed by atoms with Crippen molar-refractivity contribution in [1.29, 1.82) is 0 Å². The molecule has 4 rings (SSSR count). The Morgan fingerprint density at radius 3 is 2.85 bits per heavy atom. The van der Waals surface area contributed by atoms with E-state index in [1.807, 2.05) is 0 Å². The molecule has 6 atom stereocenters. The van der Waals surface area contributed by atoms with E-state index in [2.05, 4.69) is 21.2 Å². The van der Waals surface area contributed by atoms with Gasteiger partial charge in [0.15, 0.2) is 6.61 Å². The maximum Gasteiger partial charge on any atom is 0.310 e. The number of rotatable bonds is 4. The molecule has 138 valence electrons. The number of benzene rings is 1. The molecule has 2 aliphatic carbocycles. The highest BCUT2D eigenvalue weighted by Gasteiger charge is 2.68. The molecule has 1 aromatic rings. The lowest BCUT2D eigenvalue weighted by atomic mass is 9.80. The third-order valence-electron chi connectivity index (χ3n) is 5.34. The largest absolute Gasteiger partial charge is 0.461 e. The Balaban J connectivity index is 1.38. The van der Waals surface area contributed by atoms with E-state index >= 15 is 0 Å². The van der Waals surface area contributed by atoms with E-state index in [0.717, 1.165) is 6.42 Å². The summed E-state index contributed by atoms with van der Waals surface area (Å²) < 4.78 is 10.5. The van der Waals surface area contributed by atoms with Crippen LogP contribution in [-0.2, 0) is 23.9 Å². The first-order valence-electron chi connectivity index (χ1n) is 8.13. The zero-order chi connectivity index (χ0) is 18.6. The monoisotopic (exact) mass is 461 g/mol. The molecule has 9 heteroatoms. The van der Waals surface area contributed by atoms with Gasteiger partial charge >= 0.3 is 11.9 Å². The summed E-state index contributed by atoms with van der Waals surface area (Å²) in [5.74, 6) is -2.42. The summed E-state index contributed by atoms with van der Waals surface area (Å²) in [6.07, 6.45) is 0.593. The van der Waals surface area contributed by atoms with E-state index in [0.29, 0.717) is 15.7 Å². The molecule has 3 fully saturated rings. The molecule has 6 nitrogen and oxygen atoms in total. The molecule has 1 N–H and O–H groups in total. The van der Waals surface area contributed by atoms with E-state index in [1.165, 1.54) is 6.07 Å². The number of carbonyl (C=O) groups is 3. The number of hydrogen-bond donors (Lipinski definition) is 1. The number of halogens is 3. The van der Waals surface area contributed by atoms with Gasteiger partial charge in [-0.25, -0.2) is 0 Å². The van der Waals surface area contributed by atoms with Gasteiger partial charge in [-0.3, -0.25) is 14.4 Å². The SMILES string of the molecule is O=C(COC(=O)[C@@H]1[C@H]2C[C@H]3[C@H](OC(=O)[C@H]31)[C@@H]2Br)Nc1cc(Cl)ccc1Cl. The van der Waals surface area contributed by atoms with E-state index in [9.17, 15) is 14.4 Å². The first-order valence-corrected chi connectivity index (χ1v) is 9.80. The van der Waals surface area contributed by atoms with Gasteiger partial charge in [-0.15, -0.1) is 0 Å². The molecule has 1 amide bonds. The number of alkyl halides is 1. The van der Waals surface area contributed by atoms with Gasteiger partial charge in [0.1, 0.15) is 6.10 Å². The molecule has 3 aliphatic rings. The molecular weight excluding hydrogens is 449 g/mol. The summed E-state index contributed by atoms with van der Waals surface area (Å²) in [6.45, 7) is -0.465. The average molecular weight is 463 g/mol. The lowest BCUT2D eigenvalue weighted by Crippen LogP contribution is -2.39. The minimum Gasteiger partial charge on any atom is -0.461 e. The van der Waals surface area contributed by atoms with Gasteiger partial charge in [0.25, 0.3) is 5.91 Å². The van der Waals surface area contributed by atoms with Crippen LogP contribution in [0.1, 0.15) is 6.42 Å². The summed E-state index contributed by atoms with van der Waals surface area (Å²) in [7, 11) is 0. The van der Waals surface area contributed by atoms with Gasteiger partial charge in [-0.2, -0.15) is 0 Å². The second-order valence-corrected chi connectivity index (χ2v) is 8.64. The molecule has 0 radical (unpaired) electrons. The third kappa shape index (κ3) is 2.90. The van der Waals surface area contributed by atoms with Crippen molar-refractivity contribution < 1.29 is 23.9 Å². The Bertz CT molecular complexity index is 803. The zero-order valence-corrected chi connectivity index (χ0v) is 16.4. The van der Waals surface area contributed by atoms with Crippen molar-refractivity contribution in [2.75, 3.05) is 11.9 Å². The minimum atomic E-state index is -0.571. The van der Waals surface area contributed by atoms with Crippen LogP contribution in [0.15, 0.2) is 18.2 Å². The molecule has 2 saturated carbocycles. The topological polar surface area (TPSA) is 81.7 Å². The van der Waals surface area contributed by atoms with E-state index in [4.69, 9.17) is 32.7 Å². The number of carbonyl (C=O) groups excluding carboxylic acids is 3. The predicted molar refractivity (Wildman–Crippen MR) is 97.2 cm³/mol. The van der Waals surface area contributed by atoms with Crippen LogP contribution in [0.3, 0.4) is 0 Å². The van der Waals surface area contributed by atoms with Gasteiger partial charge in [0.2, 0.25) is 0 Å². The highest BCUT2D eigenvalue weighted by atomic mass is 79.9. The van der Waals surface area contributed by atoms with E-state index < -0.39 is 30.3 Å². The second-order valence-electron chi connectivity index (χ2n) is 6.74. The summed E-state index contributed by atoms with van der Waals surface area (Å²) in [6, 6.07) is 4.65. The normalized spacial score (nSPS) is 33.9. The van der Waals surface area contributed by atoms with Gasteiger partial charge in [0, 0.05) is 10.9 Å². The summed E-state index contributed by atoms with van der Waals surface area (Å²) >= 11 is 15.4. The van der Waals surface area contributed by atoms with Crippen molar-refractivity contribution in [3.8, 4) is 0 Å². The summed E-state index contributed by atoms with van der Waals surface area (Å²) in [4.78, 5) is 36.6. The number of anilines is 1. The molecule has 26 heavy (non-hydrogen) atoms. The Kier molecular flexibility index (Phi) is 4.65. The van der Waals surface area contributed by atoms with Crippen LogP contribution in [0.25, 0.3) is 0 Å². The first-order chi connectivity index (χ1) is 12.4. The molecular formula is C17H14BrCl2NO5. The van der Waals surface area contributed by atoms with Crippen LogP contribution in [0.5, 0.6) is 0 Å². The molecule has 1 aromatic carbocycles. The summed E-state index contributed by atoms with van der Waals surface area (Å²) in [5, 5.41) is 3.29. The van der Waals surface area contributed by atoms with Crippen molar-refractivity contribution in [2.24, 2.45) is 23.7 Å². The number of amides is 1. The van der Waals surface area contributed by atoms with Crippen molar-refractivity contribution in [2.45, 2.75) is 17.4 Å². The van der Waals surface area contributed by atoms with Crippen LogP contribution in [-0.4, -0.2) is 35.4 Å². The maximum atomic E-state index is 12.5. The molecule has 1 aliphatic heterocycles. The first kappa shape index (κ1) is 18.1. The van der Waals surface area contributed by atoms with Crippen molar-refractivity contribution >= 4 is 62.7 Å². The molecule has 1 heterocycles. The van der Waals surface area contributed by atoms with Gasteiger partial charge < -0.3 is 14.8 Å². The molecule has 0 spiro atoms. The highest BCUT2D eigenvalue weighted by Crippen LogP contribution is 2.60. The third-order valence-corrected chi connectivity index (χ3v) is 7.11. The highest BCUT2D eigenvalue weighted by molar-refractivity contribution is 9.09. The fourth-order valence-corrected chi connectivity index (χ4v) is 5.69. The predicted octanol–water partition coefficient (Wildman–Crippen LogP) is 3.05. The Morgan fingerprint density at radius 1 is 1.31 bits per heavy atom. The number of fused-ring (bicyclic) bond motifs is 1. The number of ether oxygens (including phenoxy) is 2. The van der Waals surface area contributed by atoms with Crippen LogP contribution in [0.2, 0.25) is 10.0 Å². The number of nitrogens with one attached hydrogen (secondary N) is 1. The van der Waals surface area contributed by atoms with Crippen LogP contribution < -0.4 is 5.32 Å². The Morgan fingerprint density at radius 2 is 2.08 bits per heavy atom. The van der Waals surface area contributed by atoms with Crippen molar-refractivity contribution in [3.63, 3.8) is 0 Å². The fraction of sp³-hybridized carbons (Fsp3) is 0.471. The standard InChI is InChI=1S/C17H14BrCl2NO5/c18-14-7-4-8-13(17(24)26-15(8)14)12(7)16(23)25-5-11(22)21-10-3-6(19)1-2-9(10)20/h1-3,7-8,12-15H,4-5H2,(H,21,22)/t7-,8-,12-,13-,14-,15+/m1/s1. The molecule has 0 unspecified atom stereocenters. The van der Waals surface area contributed by atoms with Gasteiger partial charge in [-0.05, 0) is 30.5 Å². The smallest absolute Gasteiger partial charge is 0.310 e. The van der Waals surface area contributed by atoms with Crippen LogP contribution >= 0.6 is 39.1 Å². The average Bonchev–Trinajstić information content (AvgIpc) is 3.20. The van der Waals surface area contributed by atoms with E-state index in [-0.39, 0.29) is 28.7 Å². The zero-order valence-electron chi connectivity index (χ0n) is 13.3. The van der Waals surface area contributed by atoms with Gasteiger partial charge in [-0.1, -0.05) is 39.1 Å². The number of hydrogen-bond acceptors (Lipinski definition) is 5.